The summed E-state index contributed by atoms with van der Waals surface area (Å²) in [7, 11) is 1.55. The van der Waals surface area contributed by atoms with Crippen molar-refractivity contribution in [2.24, 2.45) is 0 Å². The summed E-state index contributed by atoms with van der Waals surface area (Å²) in [6.07, 6.45) is 0. The van der Waals surface area contributed by atoms with Gasteiger partial charge < -0.3 is 19.3 Å². The molecule has 0 bridgehead atoms. The smallest absolute Gasteiger partial charge is 0.325 e. The van der Waals surface area contributed by atoms with Crippen LogP contribution in [0.5, 0.6) is 5.75 Å². The van der Waals surface area contributed by atoms with Gasteiger partial charge in [0.1, 0.15) is 18.1 Å². The molecule has 1 amide bonds. The number of esters is 1. The van der Waals surface area contributed by atoms with Gasteiger partial charge in [-0.05, 0) is 30.3 Å². The molecule has 1 N–H and O–H groups in total. The van der Waals surface area contributed by atoms with Crippen molar-refractivity contribution in [2.75, 3.05) is 13.7 Å². The van der Waals surface area contributed by atoms with Crippen LogP contribution in [0.4, 0.5) is 4.39 Å². The van der Waals surface area contributed by atoms with Gasteiger partial charge in [-0.15, -0.1) is 0 Å². The molecule has 0 unspecified atom stereocenters. The molecule has 0 saturated heterocycles. The number of carbonyl (C=O) groups is 2. The quantitative estimate of drug-likeness (QED) is 0.623. The SMILES string of the molecule is COc1cccc(-c2noc(COC(=O)CNC(=O)c3cccc(F)c3)n2)c1. The Labute approximate surface area is 159 Å². The van der Waals surface area contributed by atoms with Gasteiger partial charge in [-0.1, -0.05) is 23.4 Å². The molecule has 1 aromatic heterocycles. The molecular weight excluding hydrogens is 369 g/mol. The third-order valence-corrected chi connectivity index (χ3v) is 3.63. The van der Waals surface area contributed by atoms with E-state index in [4.69, 9.17) is 14.0 Å². The van der Waals surface area contributed by atoms with Crippen molar-refractivity contribution in [2.45, 2.75) is 6.61 Å². The van der Waals surface area contributed by atoms with E-state index in [1.807, 2.05) is 0 Å². The minimum atomic E-state index is -0.703. The van der Waals surface area contributed by atoms with Crippen LogP contribution < -0.4 is 10.1 Å². The summed E-state index contributed by atoms with van der Waals surface area (Å²) < 4.78 is 28.3. The molecule has 0 aliphatic rings. The second kappa shape index (κ2) is 8.76. The number of halogens is 1. The van der Waals surface area contributed by atoms with E-state index in [1.165, 1.54) is 18.2 Å². The van der Waals surface area contributed by atoms with Gasteiger partial charge in [-0.25, -0.2) is 4.39 Å². The lowest BCUT2D eigenvalue weighted by Gasteiger charge is -2.05. The van der Waals surface area contributed by atoms with Crippen LogP contribution in [0.15, 0.2) is 53.1 Å². The summed E-state index contributed by atoms with van der Waals surface area (Å²) in [5.41, 5.74) is 0.788. The Kier molecular flexibility index (Phi) is 5.95. The van der Waals surface area contributed by atoms with Gasteiger partial charge in [0.15, 0.2) is 6.61 Å². The minimum Gasteiger partial charge on any atom is -0.497 e. The lowest BCUT2D eigenvalue weighted by atomic mass is 10.2. The van der Waals surface area contributed by atoms with E-state index >= 15 is 0 Å². The van der Waals surface area contributed by atoms with Crippen molar-refractivity contribution < 1.29 is 28.0 Å². The standard InChI is InChI=1S/C19H16FN3O5/c1-26-15-7-3-4-12(9-15)18-22-16(28-23-18)11-27-17(24)10-21-19(25)13-5-2-6-14(20)8-13/h2-9H,10-11H2,1H3,(H,21,25). The maximum absolute atomic E-state index is 13.1. The number of methoxy groups -OCH3 is 1. The fourth-order valence-electron chi connectivity index (χ4n) is 2.27. The van der Waals surface area contributed by atoms with Gasteiger partial charge in [0.25, 0.3) is 11.8 Å². The van der Waals surface area contributed by atoms with Crippen molar-refractivity contribution in [3.8, 4) is 17.1 Å². The Morgan fingerprint density at radius 3 is 2.79 bits per heavy atom. The summed E-state index contributed by atoms with van der Waals surface area (Å²) in [5, 5.41) is 6.17. The normalized spacial score (nSPS) is 10.4. The molecule has 0 aliphatic carbocycles. The Balaban J connectivity index is 1.50. The highest BCUT2D eigenvalue weighted by atomic mass is 19.1. The summed E-state index contributed by atoms with van der Waals surface area (Å²) >= 11 is 0. The average Bonchev–Trinajstić information content (AvgIpc) is 3.19. The molecule has 0 saturated carbocycles. The summed E-state index contributed by atoms with van der Waals surface area (Å²) in [4.78, 5) is 27.8. The first kappa shape index (κ1) is 19.0. The van der Waals surface area contributed by atoms with E-state index in [9.17, 15) is 14.0 Å². The first-order valence-electron chi connectivity index (χ1n) is 8.21. The van der Waals surface area contributed by atoms with E-state index in [-0.39, 0.29) is 24.6 Å². The molecule has 0 radical (unpaired) electrons. The number of ether oxygens (including phenoxy) is 2. The summed E-state index contributed by atoms with van der Waals surface area (Å²) in [6, 6.07) is 12.2. The average molecular weight is 385 g/mol. The molecule has 9 heteroatoms. The second-order valence-electron chi connectivity index (χ2n) is 5.60. The Hall–Kier alpha value is -3.75. The number of rotatable bonds is 7. The van der Waals surface area contributed by atoms with E-state index in [1.54, 1.807) is 31.4 Å². The maximum Gasteiger partial charge on any atom is 0.325 e. The maximum atomic E-state index is 13.1. The molecule has 3 aromatic rings. The van der Waals surface area contributed by atoms with Gasteiger partial charge in [-0.2, -0.15) is 4.98 Å². The fraction of sp³-hybridized carbons (Fsp3) is 0.158. The van der Waals surface area contributed by atoms with Crippen molar-refractivity contribution >= 4 is 11.9 Å². The van der Waals surface area contributed by atoms with Crippen molar-refractivity contribution in [1.82, 2.24) is 15.5 Å². The van der Waals surface area contributed by atoms with Crippen LogP contribution in [-0.4, -0.2) is 35.7 Å². The summed E-state index contributed by atoms with van der Waals surface area (Å²) in [6.45, 7) is -0.627. The van der Waals surface area contributed by atoms with Crippen molar-refractivity contribution in [3.05, 3.63) is 65.8 Å². The van der Waals surface area contributed by atoms with Crippen LogP contribution in [0.1, 0.15) is 16.2 Å². The number of hydrogen-bond donors (Lipinski definition) is 1. The number of aromatic nitrogens is 2. The van der Waals surface area contributed by atoms with E-state index < -0.39 is 17.7 Å². The zero-order chi connectivity index (χ0) is 19.9. The molecule has 28 heavy (non-hydrogen) atoms. The third-order valence-electron chi connectivity index (χ3n) is 3.63. The second-order valence-corrected chi connectivity index (χ2v) is 5.60. The van der Waals surface area contributed by atoms with Crippen molar-refractivity contribution in [3.63, 3.8) is 0 Å². The van der Waals surface area contributed by atoms with Crippen molar-refractivity contribution in [1.29, 1.82) is 0 Å². The van der Waals surface area contributed by atoms with Gasteiger partial charge in [0.2, 0.25) is 5.82 Å². The number of benzene rings is 2. The first-order chi connectivity index (χ1) is 13.5. The van der Waals surface area contributed by atoms with Gasteiger partial charge >= 0.3 is 5.97 Å². The number of nitrogens with one attached hydrogen (secondary N) is 1. The Bertz CT molecular complexity index is 989. The van der Waals surface area contributed by atoms with Gasteiger partial charge in [0, 0.05) is 11.1 Å². The highest BCUT2D eigenvalue weighted by Crippen LogP contribution is 2.21. The van der Waals surface area contributed by atoms with Crippen LogP contribution in [0.25, 0.3) is 11.4 Å². The van der Waals surface area contributed by atoms with Crippen LogP contribution in [0, 0.1) is 5.82 Å². The predicted octanol–water partition coefficient (Wildman–Crippen LogP) is 2.36. The van der Waals surface area contributed by atoms with Gasteiger partial charge in [-0.3, -0.25) is 9.59 Å². The topological polar surface area (TPSA) is 104 Å². The third kappa shape index (κ3) is 4.91. The van der Waals surface area contributed by atoms with E-state index in [0.717, 1.165) is 6.07 Å². The van der Waals surface area contributed by atoms with Gasteiger partial charge in [0.05, 0.1) is 7.11 Å². The molecular formula is C19H16FN3O5. The van der Waals surface area contributed by atoms with E-state index in [0.29, 0.717) is 17.1 Å². The summed E-state index contributed by atoms with van der Waals surface area (Å²) in [5.74, 6) is -0.768. The lowest BCUT2D eigenvalue weighted by Crippen LogP contribution is -2.30. The lowest BCUT2D eigenvalue weighted by molar-refractivity contribution is -0.144. The highest BCUT2D eigenvalue weighted by molar-refractivity contribution is 5.95. The van der Waals surface area contributed by atoms with E-state index in [2.05, 4.69) is 15.5 Å². The molecule has 0 spiro atoms. The zero-order valence-corrected chi connectivity index (χ0v) is 14.8. The molecule has 1 heterocycles. The number of carbonyl (C=O) groups excluding carboxylic acids is 2. The number of amides is 1. The minimum absolute atomic E-state index is 0.0997. The largest absolute Gasteiger partial charge is 0.497 e. The Morgan fingerprint density at radius 1 is 1.18 bits per heavy atom. The molecule has 8 nitrogen and oxygen atoms in total. The van der Waals surface area contributed by atoms with Crippen LogP contribution in [0.2, 0.25) is 0 Å². The monoisotopic (exact) mass is 385 g/mol. The Morgan fingerprint density at radius 2 is 2.00 bits per heavy atom. The zero-order valence-electron chi connectivity index (χ0n) is 14.8. The molecule has 0 aliphatic heterocycles. The molecule has 144 valence electrons. The molecule has 0 atom stereocenters. The predicted molar refractivity (Wildman–Crippen MR) is 94.8 cm³/mol. The number of hydrogen-bond acceptors (Lipinski definition) is 7. The first-order valence-corrected chi connectivity index (χ1v) is 8.21. The molecule has 0 fully saturated rings. The molecule has 3 rings (SSSR count). The van der Waals surface area contributed by atoms with Crippen LogP contribution >= 0.6 is 0 Å². The van der Waals surface area contributed by atoms with Crippen LogP contribution in [0.3, 0.4) is 0 Å². The highest BCUT2D eigenvalue weighted by Gasteiger charge is 2.13. The van der Waals surface area contributed by atoms with Crippen LogP contribution in [-0.2, 0) is 16.1 Å². The fourth-order valence-corrected chi connectivity index (χ4v) is 2.27. The number of nitrogens with zero attached hydrogens (tertiary/aromatic N) is 2. The molecule has 2 aromatic carbocycles.